The molecule has 0 aliphatic rings. The second-order valence-corrected chi connectivity index (χ2v) is 4.01. The van der Waals surface area contributed by atoms with Crippen LogP contribution in [0.5, 0.6) is 5.75 Å². The number of amides is 1. The lowest BCUT2D eigenvalue weighted by Crippen LogP contribution is -2.36. The third-order valence-electron chi connectivity index (χ3n) is 2.59. The number of aliphatic carboxylic acids is 1. The predicted molar refractivity (Wildman–Crippen MR) is 73.4 cm³/mol. The van der Waals surface area contributed by atoms with Crippen molar-refractivity contribution in [3.8, 4) is 5.75 Å². The minimum absolute atomic E-state index is 0.00300. The quantitative estimate of drug-likeness (QED) is 0.461. The molecule has 8 heteroatoms. The summed E-state index contributed by atoms with van der Waals surface area (Å²) < 4.78 is 4.99. The van der Waals surface area contributed by atoms with Crippen LogP contribution in [0.2, 0.25) is 0 Å². The van der Waals surface area contributed by atoms with E-state index in [4.69, 9.17) is 9.84 Å². The maximum Gasteiger partial charge on any atom is 0.323 e. The maximum absolute atomic E-state index is 12.3. The Morgan fingerprint density at radius 3 is 2.67 bits per heavy atom. The Labute approximate surface area is 120 Å². The highest BCUT2D eigenvalue weighted by atomic mass is 16.6. The number of hydrogen-bond acceptors (Lipinski definition) is 5. The molecule has 0 unspecified atom stereocenters. The number of nitro groups is 1. The van der Waals surface area contributed by atoms with Crippen LogP contribution in [0.4, 0.5) is 5.69 Å². The number of carbonyl (C=O) groups is 2. The molecule has 1 rings (SSSR count). The van der Waals surface area contributed by atoms with Gasteiger partial charge in [-0.1, -0.05) is 6.08 Å². The van der Waals surface area contributed by atoms with Gasteiger partial charge in [-0.15, -0.1) is 6.58 Å². The smallest absolute Gasteiger partial charge is 0.323 e. The fourth-order valence-corrected chi connectivity index (χ4v) is 1.69. The van der Waals surface area contributed by atoms with E-state index in [1.165, 1.54) is 25.3 Å². The van der Waals surface area contributed by atoms with Gasteiger partial charge in [0.25, 0.3) is 11.6 Å². The van der Waals surface area contributed by atoms with Crippen molar-refractivity contribution in [3.63, 3.8) is 0 Å². The molecule has 0 aromatic heterocycles. The molecule has 0 saturated carbocycles. The topological polar surface area (TPSA) is 110 Å². The Balaban J connectivity index is 3.23. The van der Waals surface area contributed by atoms with Gasteiger partial charge in [0.1, 0.15) is 12.3 Å². The molecule has 0 aliphatic carbocycles. The Morgan fingerprint density at radius 1 is 1.52 bits per heavy atom. The molecule has 0 fully saturated rings. The summed E-state index contributed by atoms with van der Waals surface area (Å²) in [6.45, 7) is 2.90. The third-order valence-corrected chi connectivity index (χ3v) is 2.59. The van der Waals surface area contributed by atoms with E-state index in [0.29, 0.717) is 0 Å². The normalized spacial score (nSPS) is 9.76. The molecule has 0 radical (unpaired) electrons. The van der Waals surface area contributed by atoms with Gasteiger partial charge < -0.3 is 14.7 Å². The summed E-state index contributed by atoms with van der Waals surface area (Å²) in [5.74, 6) is -1.75. The minimum Gasteiger partial charge on any atom is -0.496 e. The zero-order chi connectivity index (χ0) is 16.0. The molecule has 8 nitrogen and oxygen atoms in total. The Kier molecular flexibility index (Phi) is 5.41. The van der Waals surface area contributed by atoms with E-state index in [1.54, 1.807) is 0 Å². The van der Waals surface area contributed by atoms with Crippen LogP contribution in [0.25, 0.3) is 0 Å². The molecule has 0 atom stereocenters. The summed E-state index contributed by atoms with van der Waals surface area (Å²) in [5.41, 5.74) is -0.358. The van der Waals surface area contributed by atoms with Crippen molar-refractivity contribution < 1.29 is 24.4 Å². The van der Waals surface area contributed by atoms with Crippen LogP contribution >= 0.6 is 0 Å². The number of rotatable bonds is 7. The van der Waals surface area contributed by atoms with Crippen molar-refractivity contribution in [2.24, 2.45) is 0 Å². The molecule has 1 aromatic rings. The van der Waals surface area contributed by atoms with Crippen molar-refractivity contribution >= 4 is 17.6 Å². The van der Waals surface area contributed by atoms with Crippen LogP contribution in [0.15, 0.2) is 30.9 Å². The van der Waals surface area contributed by atoms with E-state index in [-0.39, 0.29) is 23.5 Å². The number of carboxylic acid groups (broad SMARTS) is 1. The SMILES string of the molecule is C=CCN(CC(=O)O)C(=O)c1cc([N+](=O)[O-])ccc1OC. The summed E-state index contributed by atoms with van der Waals surface area (Å²) in [6.07, 6.45) is 1.37. The highest BCUT2D eigenvalue weighted by Crippen LogP contribution is 2.25. The van der Waals surface area contributed by atoms with Gasteiger partial charge in [-0.25, -0.2) is 0 Å². The number of nitro benzene ring substituents is 1. The van der Waals surface area contributed by atoms with E-state index in [9.17, 15) is 19.7 Å². The van der Waals surface area contributed by atoms with Gasteiger partial charge >= 0.3 is 5.97 Å². The first kappa shape index (κ1) is 16.2. The summed E-state index contributed by atoms with van der Waals surface area (Å²) in [5, 5.41) is 19.6. The van der Waals surface area contributed by atoms with Crippen LogP contribution in [0, 0.1) is 10.1 Å². The second kappa shape index (κ2) is 7.04. The highest BCUT2D eigenvalue weighted by Gasteiger charge is 2.23. The number of methoxy groups -OCH3 is 1. The summed E-state index contributed by atoms with van der Waals surface area (Å²) in [7, 11) is 1.31. The number of carbonyl (C=O) groups excluding carboxylic acids is 1. The molecule has 1 N–H and O–H groups in total. The predicted octanol–water partition coefficient (Wildman–Crippen LogP) is 1.32. The standard InChI is InChI=1S/C13H14N2O6/c1-3-6-14(8-12(16)17)13(18)10-7-9(15(19)20)4-5-11(10)21-2/h3-5,7H,1,6,8H2,2H3,(H,16,17). The molecule has 1 amide bonds. The van der Waals surface area contributed by atoms with E-state index < -0.39 is 23.3 Å². The number of hydrogen-bond donors (Lipinski definition) is 1. The molecular weight excluding hydrogens is 280 g/mol. The van der Waals surface area contributed by atoms with Crippen LogP contribution < -0.4 is 4.74 Å². The molecule has 0 heterocycles. The van der Waals surface area contributed by atoms with Crippen LogP contribution in [0.3, 0.4) is 0 Å². The third kappa shape index (κ3) is 4.03. The van der Waals surface area contributed by atoms with Crippen LogP contribution in [0.1, 0.15) is 10.4 Å². The Bertz CT molecular complexity index is 584. The van der Waals surface area contributed by atoms with Gasteiger partial charge in [0.15, 0.2) is 0 Å². The van der Waals surface area contributed by atoms with E-state index in [1.807, 2.05) is 0 Å². The van der Waals surface area contributed by atoms with Crippen molar-refractivity contribution in [2.45, 2.75) is 0 Å². The maximum atomic E-state index is 12.3. The molecule has 0 spiro atoms. The van der Waals surface area contributed by atoms with E-state index in [2.05, 4.69) is 6.58 Å². The number of nitrogens with zero attached hydrogens (tertiary/aromatic N) is 2. The second-order valence-electron chi connectivity index (χ2n) is 4.01. The molecular formula is C13H14N2O6. The lowest BCUT2D eigenvalue weighted by molar-refractivity contribution is -0.384. The minimum atomic E-state index is -1.20. The Morgan fingerprint density at radius 2 is 2.19 bits per heavy atom. The molecule has 0 saturated heterocycles. The average Bonchev–Trinajstić information content (AvgIpc) is 2.44. The van der Waals surface area contributed by atoms with Crippen molar-refractivity contribution in [1.29, 1.82) is 0 Å². The summed E-state index contributed by atoms with van der Waals surface area (Å²) >= 11 is 0. The Hall–Kier alpha value is -2.90. The van der Waals surface area contributed by atoms with Gasteiger partial charge in [-0.3, -0.25) is 19.7 Å². The van der Waals surface area contributed by atoms with Gasteiger partial charge in [0, 0.05) is 18.7 Å². The summed E-state index contributed by atoms with van der Waals surface area (Å²) in [4.78, 5) is 34.2. The van der Waals surface area contributed by atoms with E-state index in [0.717, 1.165) is 11.0 Å². The zero-order valence-electron chi connectivity index (χ0n) is 11.3. The van der Waals surface area contributed by atoms with Crippen molar-refractivity contribution in [1.82, 2.24) is 4.90 Å². The number of non-ortho nitro benzene ring substituents is 1. The highest BCUT2D eigenvalue weighted by molar-refractivity contribution is 5.99. The molecule has 0 bridgehead atoms. The lowest BCUT2D eigenvalue weighted by Gasteiger charge is -2.20. The first-order valence-electron chi connectivity index (χ1n) is 5.85. The fourth-order valence-electron chi connectivity index (χ4n) is 1.69. The average molecular weight is 294 g/mol. The number of benzene rings is 1. The van der Waals surface area contributed by atoms with Crippen molar-refractivity contribution in [2.75, 3.05) is 20.2 Å². The fraction of sp³-hybridized carbons (Fsp3) is 0.231. The number of ether oxygens (including phenoxy) is 1. The monoisotopic (exact) mass is 294 g/mol. The van der Waals surface area contributed by atoms with Gasteiger partial charge in [0.05, 0.1) is 17.6 Å². The zero-order valence-corrected chi connectivity index (χ0v) is 11.3. The van der Waals surface area contributed by atoms with Gasteiger partial charge in [-0.2, -0.15) is 0 Å². The molecule has 21 heavy (non-hydrogen) atoms. The van der Waals surface area contributed by atoms with Crippen molar-refractivity contribution in [3.05, 3.63) is 46.5 Å². The summed E-state index contributed by atoms with van der Waals surface area (Å²) in [6, 6.07) is 3.54. The molecule has 0 aliphatic heterocycles. The molecule has 112 valence electrons. The van der Waals surface area contributed by atoms with Gasteiger partial charge in [0.2, 0.25) is 0 Å². The largest absolute Gasteiger partial charge is 0.496 e. The number of carboxylic acids is 1. The lowest BCUT2D eigenvalue weighted by atomic mass is 10.1. The first-order valence-corrected chi connectivity index (χ1v) is 5.85. The van der Waals surface area contributed by atoms with E-state index >= 15 is 0 Å². The molecule has 1 aromatic carbocycles. The van der Waals surface area contributed by atoms with Crippen LogP contribution in [-0.2, 0) is 4.79 Å². The first-order chi connectivity index (χ1) is 9.90. The van der Waals surface area contributed by atoms with Crippen LogP contribution in [-0.4, -0.2) is 47.0 Å². The van der Waals surface area contributed by atoms with Gasteiger partial charge in [-0.05, 0) is 6.07 Å².